The van der Waals surface area contributed by atoms with Gasteiger partial charge in [-0.2, -0.15) is 5.26 Å². The third-order valence-corrected chi connectivity index (χ3v) is 4.60. The lowest BCUT2D eigenvalue weighted by Gasteiger charge is -2.17. The van der Waals surface area contributed by atoms with E-state index in [1.165, 1.54) is 0 Å². The zero-order valence-electron chi connectivity index (χ0n) is 13.2. The van der Waals surface area contributed by atoms with Crippen molar-refractivity contribution in [2.75, 3.05) is 18.4 Å². The van der Waals surface area contributed by atoms with Gasteiger partial charge in [0.05, 0.1) is 0 Å². The SMILES string of the molecule is CC(C(=O)Nc1cc(-c2cccc(Cl)c2)no1)C1CCN(C#N)C1. The molecule has 0 bridgehead atoms. The highest BCUT2D eigenvalue weighted by Gasteiger charge is 2.31. The second-order valence-electron chi connectivity index (χ2n) is 5.96. The van der Waals surface area contributed by atoms with Crippen molar-refractivity contribution < 1.29 is 9.32 Å². The number of likely N-dealkylation sites (tertiary alicyclic amines) is 1. The minimum Gasteiger partial charge on any atom is -0.338 e. The molecule has 1 aliphatic heterocycles. The van der Waals surface area contributed by atoms with E-state index in [1.54, 1.807) is 23.1 Å². The summed E-state index contributed by atoms with van der Waals surface area (Å²) >= 11 is 5.97. The smallest absolute Gasteiger partial charge is 0.231 e. The number of halogens is 1. The molecule has 2 unspecified atom stereocenters. The van der Waals surface area contributed by atoms with Crippen LogP contribution >= 0.6 is 11.6 Å². The number of hydrogen-bond acceptors (Lipinski definition) is 5. The summed E-state index contributed by atoms with van der Waals surface area (Å²) in [6.45, 7) is 3.20. The molecule has 0 aliphatic carbocycles. The van der Waals surface area contributed by atoms with Crippen LogP contribution in [0.1, 0.15) is 13.3 Å². The summed E-state index contributed by atoms with van der Waals surface area (Å²) in [4.78, 5) is 14.1. The minimum atomic E-state index is -0.205. The summed E-state index contributed by atoms with van der Waals surface area (Å²) < 4.78 is 5.20. The van der Waals surface area contributed by atoms with Gasteiger partial charge in [0.1, 0.15) is 5.69 Å². The van der Waals surface area contributed by atoms with Crippen molar-refractivity contribution in [1.82, 2.24) is 10.1 Å². The first-order valence-electron chi connectivity index (χ1n) is 7.75. The van der Waals surface area contributed by atoms with Gasteiger partial charge in [-0.3, -0.25) is 10.1 Å². The van der Waals surface area contributed by atoms with Gasteiger partial charge in [0.2, 0.25) is 11.8 Å². The van der Waals surface area contributed by atoms with Crippen LogP contribution in [0.25, 0.3) is 11.3 Å². The molecule has 0 spiro atoms. The van der Waals surface area contributed by atoms with Crippen LogP contribution in [0.5, 0.6) is 0 Å². The van der Waals surface area contributed by atoms with Gasteiger partial charge in [-0.15, -0.1) is 0 Å². The number of carbonyl (C=O) groups excluding carboxylic acids is 1. The number of amides is 1. The summed E-state index contributed by atoms with van der Waals surface area (Å²) in [5.74, 6) is 0.133. The number of hydrogen-bond donors (Lipinski definition) is 1. The van der Waals surface area contributed by atoms with Crippen LogP contribution in [0, 0.1) is 23.3 Å². The molecule has 2 atom stereocenters. The summed E-state index contributed by atoms with van der Waals surface area (Å²) in [7, 11) is 0. The van der Waals surface area contributed by atoms with Gasteiger partial charge in [0.15, 0.2) is 6.19 Å². The minimum absolute atomic E-state index is 0.131. The molecule has 0 saturated carbocycles. The number of aromatic nitrogens is 1. The number of nitrogens with one attached hydrogen (secondary N) is 1. The average Bonchev–Trinajstić information content (AvgIpc) is 3.23. The molecule has 6 nitrogen and oxygen atoms in total. The predicted molar refractivity (Wildman–Crippen MR) is 90.0 cm³/mol. The summed E-state index contributed by atoms with van der Waals surface area (Å²) in [6.07, 6.45) is 2.97. The first-order chi connectivity index (χ1) is 11.6. The molecule has 1 fully saturated rings. The number of benzene rings is 1. The monoisotopic (exact) mass is 344 g/mol. The highest BCUT2D eigenvalue weighted by molar-refractivity contribution is 6.30. The Morgan fingerprint density at radius 1 is 1.54 bits per heavy atom. The van der Waals surface area contributed by atoms with Gasteiger partial charge in [-0.1, -0.05) is 35.8 Å². The number of nitrogens with zero attached hydrogens (tertiary/aromatic N) is 3. The lowest BCUT2D eigenvalue weighted by molar-refractivity contribution is -0.120. The molecular weight excluding hydrogens is 328 g/mol. The fourth-order valence-electron chi connectivity index (χ4n) is 2.85. The summed E-state index contributed by atoms with van der Waals surface area (Å²) in [5, 5.41) is 16.2. The van der Waals surface area contributed by atoms with Gasteiger partial charge in [-0.05, 0) is 24.5 Å². The molecule has 7 heteroatoms. The Hall–Kier alpha value is -2.52. The molecule has 1 amide bonds. The van der Waals surface area contributed by atoms with Gasteiger partial charge in [0, 0.05) is 35.7 Å². The molecule has 2 heterocycles. The maximum atomic E-state index is 12.4. The van der Waals surface area contributed by atoms with Gasteiger partial charge < -0.3 is 9.42 Å². The lowest BCUT2D eigenvalue weighted by atomic mass is 9.92. The first kappa shape index (κ1) is 16.3. The fourth-order valence-corrected chi connectivity index (χ4v) is 3.04. The third-order valence-electron chi connectivity index (χ3n) is 4.36. The Bertz CT molecular complexity index is 783. The first-order valence-corrected chi connectivity index (χ1v) is 8.13. The highest BCUT2D eigenvalue weighted by atomic mass is 35.5. The van der Waals surface area contributed by atoms with E-state index in [2.05, 4.69) is 16.7 Å². The number of carbonyl (C=O) groups is 1. The van der Waals surface area contributed by atoms with Crippen molar-refractivity contribution in [3.63, 3.8) is 0 Å². The van der Waals surface area contributed by atoms with Gasteiger partial charge >= 0.3 is 0 Å². The van der Waals surface area contributed by atoms with Crippen LogP contribution in [-0.4, -0.2) is 29.1 Å². The molecule has 2 aromatic rings. The van der Waals surface area contributed by atoms with Crippen molar-refractivity contribution in [1.29, 1.82) is 5.26 Å². The maximum absolute atomic E-state index is 12.4. The molecule has 1 aromatic carbocycles. The normalized spacial score (nSPS) is 18.2. The molecule has 0 radical (unpaired) electrons. The average molecular weight is 345 g/mol. The van der Waals surface area contributed by atoms with Crippen LogP contribution in [0.2, 0.25) is 5.02 Å². The van der Waals surface area contributed by atoms with Crippen LogP contribution in [0.3, 0.4) is 0 Å². The Morgan fingerprint density at radius 2 is 2.38 bits per heavy atom. The molecule has 1 saturated heterocycles. The Labute approximate surface area is 145 Å². The van der Waals surface area contributed by atoms with E-state index < -0.39 is 0 Å². The lowest BCUT2D eigenvalue weighted by Crippen LogP contribution is -2.28. The maximum Gasteiger partial charge on any atom is 0.231 e. The van der Waals surface area contributed by atoms with Crippen molar-refractivity contribution in [2.45, 2.75) is 13.3 Å². The zero-order chi connectivity index (χ0) is 17.1. The van der Waals surface area contributed by atoms with Gasteiger partial charge in [0.25, 0.3) is 0 Å². The summed E-state index contributed by atoms with van der Waals surface area (Å²) in [5.41, 5.74) is 1.43. The van der Waals surface area contributed by atoms with E-state index in [9.17, 15) is 4.79 Å². The van der Waals surface area contributed by atoms with Crippen molar-refractivity contribution in [2.24, 2.45) is 11.8 Å². The highest BCUT2D eigenvalue weighted by Crippen LogP contribution is 2.27. The molecule has 1 aliphatic rings. The number of anilines is 1. The van der Waals surface area contributed by atoms with Crippen LogP contribution in [0.4, 0.5) is 5.88 Å². The van der Waals surface area contributed by atoms with Crippen LogP contribution in [-0.2, 0) is 4.79 Å². The van der Waals surface area contributed by atoms with E-state index in [0.29, 0.717) is 29.7 Å². The zero-order valence-corrected chi connectivity index (χ0v) is 14.0. The number of rotatable bonds is 4. The Morgan fingerprint density at radius 3 is 3.08 bits per heavy atom. The van der Waals surface area contributed by atoms with E-state index in [0.717, 1.165) is 12.0 Å². The quantitative estimate of drug-likeness (QED) is 0.860. The third kappa shape index (κ3) is 3.52. The Balaban J connectivity index is 1.64. The van der Waals surface area contributed by atoms with Crippen molar-refractivity contribution in [3.05, 3.63) is 35.4 Å². The van der Waals surface area contributed by atoms with Crippen molar-refractivity contribution >= 4 is 23.4 Å². The van der Waals surface area contributed by atoms with Crippen LogP contribution in [0.15, 0.2) is 34.9 Å². The number of nitriles is 1. The van der Waals surface area contributed by atoms with E-state index in [-0.39, 0.29) is 17.7 Å². The van der Waals surface area contributed by atoms with E-state index in [1.807, 2.05) is 19.1 Å². The largest absolute Gasteiger partial charge is 0.338 e. The molecule has 3 rings (SSSR count). The van der Waals surface area contributed by atoms with E-state index >= 15 is 0 Å². The van der Waals surface area contributed by atoms with Crippen molar-refractivity contribution in [3.8, 4) is 17.5 Å². The van der Waals surface area contributed by atoms with E-state index in [4.69, 9.17) is 21.4 Å². The molecule has 124 valence electrons. The topological polar surface area (TPSA) is 82.2 Å². The Kier molecular flexibility index (Phi) is 4.72. The second kappa shape index (κ2) is 6.93. The predicted octanol–water partition coefficient (Wildman–Crippen LogP) is 3.37. The van der Waals surface area contributed by atoms with Crippen LogP contribution < -0.4 is 5.32 Å². The molecule has 1 N–H and O–H groups in total. The molecular formula is C17H17ClN4O2. The fraction of sp³-hybridized carbons (Fsp3) is 0.353. The summed E-state index contributed by atoms with van der Waals surface area (Å²) in [6, 6.07) is 8.93. The van der Waals surface area contributed by atoms with Gasteiger partial charge in [-0.25, -0.2) is 0 Å². The molecule has 1 aromatic heterocycles. The standard InChI is InChI=1S/C17H17ClN4O2/c1-11(13-5-6-22(9-13)10-19)17(23)20-16-8-15(21-24-16)12-3-2-4-14(18)7-12/h2-4,7-8,11,13H,5-6,9H2,1H3,(H,20,23). The second-order valence-corrected chi connectivity index (χ2v) is 6.40. The molecule has 24 heavy (non-hydrogen) atoms.